The molecule has 4 aromatic rings. The topological polar surface area (TPSA) is 98.1 Å². The summed E-state index contributed by atoms with van der Waals surface area (Å²) in [5, 5.41) is 11.0. The van der Waals surface area contributed by atoms with Gasteiger partial charge in [0.1, 0.15) is 0 Å². The normalized spacial score (nSPS) is 11.0. The van der Waals surface area contributed by atoms with E-state index in [1.807, 2.05) is 18.2 Å². The molecule has 4 rings (SSSR count). The molecule has 0 aliphatic rings. The molecule has 0 amide bonds. The largest absolute Gasteiger partial charge is 0.494 e. The van der Waals surface area contributed by atoms with Crippen LogP contribution in [0.25, 0.3) is 28.1 Å². The predicted molar refractivity (Wildman–Crippen MR) is 91.2 cm³/mol. The molecule has 0 saturated carbocycles. The zero-order valence-electron chi connectivity index (χ0n) is 13.6. The molecule has 0 radical (unpaired) electrons. The van der Waals surface area contributed by atoms with E-state index in [2.05, 4.69) is 19.9 Å². The molecule has 8 heteroatoms. The molecule has 4 aromatic heterocycles. The third-order valence-corrected chi connectivity index (χ3v) is 3.88. The average molecular weight is 337 g/mol. The zero-order valence-corrected chi connectivity index (χ0v) is 13.6. The van der Waals surface area contributed by atoms with E-state index in [4.69, 9.17) is 9.47 Å². The van der Waals surface area contributed by atoms with Gasteiger partial charge in [0.05, 0.1) is 30.8 Å². The number of aromatic amines is 1. The number of aromatic hydroxyl groups is 1. The van der Waals surface area contributed by atoms with Gasteiger partial charge >= 0.3 is 0 Å². The molecule has 0 aliphatic heterocycles. The summed E-state index contributed by atoms with van der Waals surface area (Å²) in [6.45, 7) is 0. The van der Waals surface area contributed by atoms with Gasteiger partial charge in [0.25, 0.3) is 5.88 Å². The fourth-order valence-corrected chi connectivity index (χ4v) is 2.66. The van der Waals surface area contributed by atoms with Crippen molar-refractivity contribution in [3.63, 3.8) is 0 Å². The van der Waals surface area contributed by atoms with E-state index < -0.39 is 0 Å². The second kappa shape index (κ2) is 5.82. The lowest BCUT2D eigenvalue weighted by Gasteiger charge is -2.08. The lowest BCUT2D eigenvalue weighted by Crippen LogP contribution is -1.94. The van der Waals surface area contributed by atoms with Crippen molar-refractivity contribution in [3.05, 3.63) is 43.0 Å². The quantitative estimate of drug-likeness (QED) is 0.594. The fourth-order valence-electron chi connectivity index (χ4n) is 2.66. The Hall–Kier alpha value is -3.55. The summed E-state index contributed by atoms with van der Waals surface area (Å²) in [6, 6.07) is 5.43. The highest BCUT2D eigenvalue weighted by Crippen LogP contribution is 2.32. The Bertz CT molecular complexity index is 1040. The van der Waals surface area contributed by atoms with Crippen LogP contribution in [0.15, 0.2) is 43.0 Å². The van der Waals surface area contributed by atoms with E-state index in [-0.39, 0.29) is 5.88 Å². The molecule has 2 N–H and O–H groups in total. The number of nitrogens with one attached hydrogen (secondary N) is 1. The minimum absolute atomic E-state index is 0.0782. The standard InChI is InChI=1S/C17H15N5O3/c1-24-14-7-10(8-20-15(14)25-2)12-4-3-11-13(21-12)9-22(16(11)23)17-18-5-6-19-17/h3-9,23H,1-2H3,(H,18,19). The Labute approximate surface area is 142 Å². The maximum atomic E-state index is 10.4. The third-order valence-electron chi connectivity index (χ3n) is 3.88. The van der Waals surface area contributed by atoms with Gasteiger partial charge in [-0.05, 0) is 18.2 Å². The molecule has 8 nitrogen and oxygen atoms in total. The highest BCUT2D eigenvalue weighted by Gasteiger charge is 2.14. The molecule has 0 saturated heterocycles. The minimum atomic E-state index is 0.0782. The lowest BCUT2D eigenvalue weighted by molar-refractivity contribution is 0.343. The average Bonchev–Trinajstić information content (AvgIpc) is 3.29. The molecule has 126 valence electrons. The number of methoxy groups -OCH3 is 2. The Morgan fingerprint density at radius 1 is 1.16 bits per heavy atom. The van der Waals surface area contributed by atoms with Crippen molar-refractivity contribution in [2.24, 2.45) is 0 Å². The molecule has 0 atom stereocenters. The van der Waals surface area contributed by atoms with E-state index >= 15 is 0 Å². The van der Waals surface area contributed by atoms with Gasteiger partial charge in [-0.1, -0.05) is 0 Å². The molecule has 25 heavy (non-hydrogen) atoms. The van der Waals surface area contributed by atoms with Crippen LogP contribution in [-0.2, 0) is 0 Å². The molecule has 0 bridgehead atoms. The molecule has 0 unspecified atom stereocenters. The Morgan fingerprint density at radius 2 is 2.04 bits per heavy atom. The molecular weight excluding hydrogens is 322 g/mol. The van der Waals surface area contributed by atoms with Crippen LogP contribution in [0.5, 0.6) is 17.5 Å². The van der Waals surface area contributed by atoms with Crippen LogP contribution in [0.4, 0.5) is 0 Å². The number of pyridine rings is 2. The Kier molecular flexibility index (Phi) is 3.50. The number of hydrogen-bond donors (Lipinski definition) is 2. The van der Waals surface area contributed by atoms with Crippen LogP contribution in [0.3, 0.4) is 0 Å². The van der Waals surface area contributed by atoms with Crippen LogP contribution in [-0.4, -0.2) is 43.8 Å². The van der Waals surface area contributed by atoms with Crippen molar-refractivity contribution in [1.82, 2.24) is 24.5 Å². The van der Waals surface area contributed by atoms with Gasteiger partial charge in [0, 0.05) is 30.4 Å². The van der Waals surface area contributed by atoms with Gasteiger partial charge < -0.3 is 19.6 Å². The van der Waals surface area contributed by atoms with Gasteiger partial charge in [-0.25, -0.2) is 15.0 Å². The maximum Gasteiger partial charge on any atom is 0.256 e. The second-order valence-electron chi connectivity index (χ2n) is 5.30. The Morgan fingerprint density at radius 3 is 2.76 bits per heavy atom. The summed E-state index contributed by atoms with van der Waals surface area (Å²) in [7, 11) is 3.09. The predicted octanol–water partition coefficient (Wildman–Crippen LogP) is 2.53. The number of imidazole rings is 1. The zero-order chi connectivity index (χ0) is 17.4. The summed E-state index contributed by atoms with van der Waals surface area (Å²) in [5.41, 5.74) is 2.13. The first-order valence-electron chi connectivity index (χ1n) is 7.50. The van der Waals surface area contributed by atoms with Crippen LogP contribution in [0.1, 0.15) is 0 Å². The van der Waals surface area contributed by atoms with Crippen molar-refractivity contribution in [1.29, 1.82) is 0 Å². The van der Waals surface area contributed by atoms with E-state index in [1.54, 1.807) is 36.5 Å². The van der Waals surface area contributed by atoms with Crippen molar-refractivity contribution in [2.75, 3.05) is 14.2 Å². The smallest absolute Gasteiger partial charge is 0.256 e. The molecule has 0 fully saturated rings. The van der Waals surface area contributed by atoms with Crippen molar-refractivity contribution in [2.45, 2.75) is 0 Å². The van der Waals surface area contributed by atoms with E-state index in [1.165, 1.54) is 7.11 Å². The highest BCUT2D eigenvalue weighted by atomic mass is 16.5. The van der Waals surface area contributed by atoms with Gasteiger partial charge in [0.2, 0.25) is 11.8 Å². The first kappa shape index (κ1) is 15.0. The second-order valence-corrected chi connectivity index (χ2v) is 5.30. The van der Waals surface area contributed by atoms with Gasteiger partial charge in [-0.15, -0.1) is 0 Å². The van der Waals surface area contributed by atoms with Crippen molar-refractivity contribution < 1.29 is 14.6 Å². The molecule has 0 aromatic carbocycles. The molecule has 0 spiro atoms. The molecular formula is C17H15N5O3. The summed E-state index contributed by atoms with van der Waals surface area (Å²) >= 11 is 0. The van der Waals surface area contributed by atoms with Crippen molar-refractivity contribution >= 4 is 10.9 Å². The first-order valence-corrected chi connectivity index (χ1v) is 7.50. The number of ether oxygens (including phenoxy) is 2. The Balaban J connectivity index is 1.82. The third kappa shape index (κ3) is 2.44. The molecule has 4 heterocycles. The van der Waals surface area contributed by atoms with E-state index in [0.717, 1.165) is 5.56 Å². The number of hydrogen-bond acceptors (Lipinski definition) is 6. The first-order chi connectivity index (χ1) is 12.2. The van der Waals surface area contributed by atoms with E-state index in [0.29, 0.717) is 34.2 Å². The van der Waals surface area contributed by atoms with Gasteiger partial charge in [-0.3, -0.25) is 4.57 Å². The number of nitrogens with zero attached hydrogens (tertiary/aromatic N) is 4. The SMILES string of the molecule is COc1cc(-c2ccc3c(O)n(-c4ncc[nH]4)cc3n2)cnc1OC. The van der Waals surface area contributed by atoms with Crippen LogP contribution >= 0.6 is 0 Å². The van der Waals surface area contributed by atoms with Crippen LogP contribution < -0.4 is 9.47 Å². The highest BCUT2D eigenvalue weighted by molar-refractivity contribution is 5.87. The van der Waals surface area contributed by atoms with E-state index in [9.17, 15) is 5.11 Å². The maximum absolute atomic E-state index is 10.4. The monoisotopic (exact) mass is 337 g/mol. The summed E-state index contributed by atoms with van der Waals surface area (Å²) in [6.07, 6.45) is 6.70. The van der Waals surface area contributed by atoms with Gasteiger partial charge in [0.15, 0.2) is 5.75 Å². The van der Waals surface area contributed by atoms with Crippen LogP contribution in [0.2, 0.25) is 0 Å². The fraction of sp³-hybridized carbons (Fsp3) is 0.118. The number of rotatable bonds is 4. The number of fused-ring (bicyclic) bond motifs is 1. The van der Waals surface area contributed by atoms with Crippen molar-refractivity contribution in [3.8, 4) is 34.7 Å². The summed E-state index contributed by atoms with van der Waals surface area (Å²) < 4.78 is 12.0. The number of aromatic nitrogens is 5. The lowest BCUT2D eigenvalue weighted by atomic mass is 10.1. The summed E-state index contributed by atoms with van der Waals surface area (Å²) in [4.78, 5) is 15.9. The minimum Gasteiger partial charge on any atom is -0.494 e. The number of H-pyrrole nitrogens is 1. The van der Waals surface area contributed by atoms with Crippen LogP contribution in [0, 0.1) is 0 Å². The molecule has 0 aliphatic carbocycles. The summed E-state index contributed by atoms with van der Waals surface area (Å²) in [5.74, 6) is 1.53. The van der Waals surface area contributed by atoms with Gasteiger partial charge in [-0.2, -0.15) is 0 Å².